The fourth-order valence-electron chi connectivity index (χ4n) is 2.34. The zero-order valence-corrected chi connectivity index (χ0v) is 10.4. The Morgan fingerprint density at radius 2 is 2.29 bits per heavy atom. The molecule has 0 saturated carbocycles. The molecule has 0 spiro atoms. The third-order valence-corrected chi connectivity index (χ3v) is 3.40. The molecule has 1 aliphatic heterocycles. The average molecular weight is 236 g/mol. The van der Waals surface area contributed by atoms with Crippen LogP contribution >= 0.6 is 0 Å². The Balaban J connectivity index is 1.89. The van der Waals surface area contributed by atoms with Gasteiger partial charge in [-0.2, -0.15) is 0 Å². The minimum absolute atomic E-state index is 0.384. The van der Waals surface area contributed by atoms with Crippen molar-refractivity contribution in [2.45, 2.75) is 38.9 Å². The van der Waals surface area contributed by atoms with Crippen molar-refractivity contribution in [2.75, 3.05) is 18.4 Å². The summed E-state index contributed by atoms with van der Waals surface area (Å²) >= 11 is 0. The molecule has 1 atom stereocenters. The summed E-state index contributed by atoms with van der Waals surface area (Å²) in [6.07, 6.45) is 3.86. The number of anilines is 1. The highest BCUT2D eigenvalue weighted by molar-refractivity contribution is 5.52. The number of alkyl halides is 1. The van der Waals surface area contributed by atoms with E-state index in [2.05, 4.69) is 10.6 Å². The Labute approximate surface area is 103 Å². The van der Waals surface area contributed by atoms with Crippen molar-refractivity contribution in [2.24, 2.45) is 0 Å². The number of rotatable bonds is 4. The summed E-state index contributed by atoms with van der Waals surface area (Å²) in [5, 5.41) is 6.96. The van der Waals surface area contributed by atoms with E-state index in [1.54, 1.807) is 0 Å². The maximum atomic E-state index is 12.5. The van der Waals surface area contributed by atoms with Gasteiger partial charge < -0.3 is 10.6 Å². The minimum Gasteiger partial charge on any atom is -0.383 e. The van der Waals surface area contributed by atoms with Crippen molar-refractivity contribution in [3.63, 3.8) is 0 Å². The van der Waals surface area contributed by atoms with E-state index < -0.39 is 0 Å². The summed E-state index contributed by atoms with van der Waals surface area (Å²) in [6, 6.07) is 6.32. The first kappa shape index (κ1) is 12.4. The molecule has 1 aliphatic rings. The van der Waals surface area contributed by atoms with Crippen LogP contribution in [0, 0.1) is 6.92 Å². The van der Waals surface area contributed by atoms with E-state index in [9.17, 15) is 4.39 Å². The first-order valence-corrected chi connectivity index (χ1v) is 6.42. The zero-order chi connectivity index (χ0) is 12.1. The smallest absolute Gasteiger partial charge is 0.115 e. The lowest BCUT2D eigenvalue weighted by Gasteiger charge is -2.24. The Morgan fingerprint density at radius 1 is 1.41 bits per heavy atom. The SMILES string of the molecule is Cc1cc(CF)ccc1NCC1CCCCN1. The van der Waals surface area contributed by atoms with Gasteiger partial charge >= 0.3 is 0 Å². The topological polar surface area (TPSA) is 24.1 Å². The quantitative estimate of drug-likeness (QED) is 0.839. The van der Waals surface area contributed by atoms with Gasteiger partial charge in [0.2, 0.25) is 0 Å². The molecule has 2 nitrogen and oxygen atoms in total. The molecule has 0 aromatic heterocycles. The van der Waals surface area contributed by atoms with Crippen molar-refractivity contribution in [3.05, 3.63) is 29.3 Å². The van der Waals surface area contributed by atoms with Crippen LogP contribution in [0.2, 0.25) is 0 Å². The van der Waals surface area contributed by atoms with Crippen molar-refractivity contribution < 1.29 is 4.39 Å². The van der Waals surface area contributed by atoms with Crippen LogP contribution < -0.4 is 10.6 Å². The maximum Gasteiger partial charge on any atom is 0.115 e. The Hall–Kier alpha value is -1.09. The number of hydrogen-bond acceptors (Lipinski definition) is 2. The Kier molecular flexibility index (Phi) is 4.37. The van der Waals surface area contributed by atoms with Crippen LogP contribution in [0.15, 0.2) is 18.2 Å². The van der Waals surface area contributed by atoms with Gasteiger partial charge in [-0.25, -0.2) is 4.39 Å². The average Bonchev–Trinajstić information content (AvgIpc) is 2.38. The fraction of sp³-hybridized carbons (Fsp3) is 0.571. The van der Waals surface area contributed by atoms with Gasteiger partial charge in [0.25, 0.3) is 0 Å². The van der Waals surface area contributed by atoms with Crippen LogP contribution in [-0.4, -0.2) is 19.1 Å². The van der Waals surface area contributed by atoms with Crippen LogP contribution in [0.25, 0.3) is 0 Å². The van der Waals surface area contributed by atoms with E-state index in [0.29, 0.717) is 6.04 Å². The molecular formula is C14H21FN2. The largest absolute Gasteiger partial charge is 0.383 e. The highest BCUT2D eigenvalue weighted by Gasteiger charge is 2.12. The van der Waals surface area contributed by atoms with Crippen LogP contribution in [0.1, 0.15) is 30.4 Å². The first-order chi connectivity index (χ1) is 8.29. The summed E-state index contributed by atoms with van der Waals surface area (Å²) in [5.74, 6) is 0. The zero-order valence-electron chi connectivity index (χ0n) is 10.4. The Bertz CT molecular complexity index is 359. The number of hydrogen-bond donors (Lipinski definition) is 2. The van der Waals surface area contributed by atoms with Crippen molar-refractivity contribution >= 4 is 5.69 Å². The Morgan fingerprint density at radius 3 is 2.94 bits per heavy atom. The summed E-state index contributed by atoms with van der Waals surface area (Å²) in [6.45, 7) is 3.73. The van der Waals surface area contributed by atoms with Gasteiger partial charge in [0.1, 0.15) is 6.67 Å². The molecule has 94 valence electrons. The van der Waals surface area contributed by atoms with E-state index in [0.717, 1.165) is 29.9 Å². The van der Waals surface area contributed by atoms with Crippen molar-refractivity contribution in [1.82, 2.24) is 5.32 Å². The van der Waals surface area contributed by atoms with E-state index in [1.807, 2.05) is 25.1 Å². The molecule has 2 rings (SSSR count). The molecular weight excluding hydrogens is 215 g/mol. The number of aryl methyl sites for hydroxylation is 1. The number of benzene rings is 1. The second kappa shape index (κ2) is 6.01. The van der Waals surface area contributed by atoms with Crippen LogP contribution in [-0.2, 0) is 6.67 Å². The lowest BCUT2D eigenvalue weighted by molar-refractivity contribution is 0.414. The van der Waals surface area contributed by atoms with Crippen molar-refractivity contribution in [1.29, 1.82) is 0 Å². The van der Waals surface area contributed by atoms with Gasteiger partial charge in [0, 0.05) is 18.3 Å². The summed E-state index contributed by atoms with van der Waals surface area (Å²) < 4.78 is 12.5. The second-order valence-electron chi connectivity index (χ2n) is 4.81. The molecule has 2 N–H and O–H groups in total. The molecule has 0 bridgehead atoms. The van der Waals surface area contributed by atoms with Crippen molar-refractivity contribution in [3.8, 4) is 0 Å². The molecule has 1 aromatic rings. The lowest BCUT2D eigenvalue weighted by atomic mass is 10.0. The number of piperidine rings is 1. The molecule has 1 saturated heterocycles. The minimum atomic E-state index is -0.384. The van der Waals surface area contributed by atoms with Gasteiger partial charge in [-0.3, -0.25) is 0 Å². The standard InChI is InChI=1S/C14H21FN2/c1-11-8-12(9-15)5-6-14(11)17-10-13-4-2-3-7-16-13/h5-6,8,13,16-17H,2-4,7,9-10H2,1H3. The molecule has 1 aromatic carbocycles. The predicted molar refractivity (Wildman–Crippen MR) is 70.1 cm³/mol. The molecule has 1 heterocycles. The van der Waals surface area contributed by atoms with Gasteiger partial charge in [-0.05, 0) is 43.5 Å². The third kappa shape index (κ3) is 3.43. The van der Waals surface area contributed by atoms with Crippen LogP contribution in [0.4, 0.5) is 10.1 Å². The normalized spacial score (nSPS) is 20.2. The van der Waals surface area contributed by atoms with E-state index >= 15 is 0 Å². The van der Waals surface area contributed by atoms with Crippen LogP contribution in [0.5, 0.6) is 0 Å². The molecule has 1 fully saturated rings. The van der Waals surface area contributed by atoms with Gasteiger partial charge in [-0.15, -0.1) is 0 Å². The monoisotopic (exact) mass is 236 g/mol. The van der Waals surface area contributed by atoms with E-state index in [4.69, 9.17) is 0 Å². The van der Waals surface area contributed by atoms with Gasteiger partial charge in [0.15, 0.2) is 0 Å². The van der Waals surface area contributed by atoms with Gasteiger partial charge in [-0.1, -0.05) is 18.6 Å². The molecule has 3 heteroatoms. The second-order valence-corrected chi connectivity index (χ2v) is 4.81. The van der Waals surface area contributed by atoms with E-state index in [-0.39, 0.29) is 6.67 Å². The summed E-state index contributed by atoms with van der Waals surface area (Å²) in [5.41, 5.74) is 2.99. The molecule has 0 radical (unpaired) electrons. The highest BCUT2D eigenvalue weighted by atomic mass is 19.1. The lowest BCUT2D eigenvalue weighted by Crippen LogP contribution is -2.39. The predicted octanol–water partition coefficient (Wildman–Crippen LogP) is 3.02. The molecule has 17 heavy (non-hydrogen) atoms. The maximum absolute atomic E-state index is 12.5. The summed E-state index contributed by atoms with van der Waals surface area (Å²) in [7, 11) is 0. The van der Waals surface area contributed by atoms with Crippen LogP contribution in [0.3, 0.4) is 0 Å². The molecule has 1 unspecified atom stereocenters. The fourth-order valence-corrected chi connectivity index (χ4v) is 2.34. The molecule has 0 aliphatic carbocycles. The van der Waals surface area contributed by atoms with Gasteiger partial charge in [0.05, 0.1) is 0 Å². The van der Waals surface area contributed by atoms with E-state index in [1.165, 1.54) is 19.3 Å². The number of halogens is 1. The summed E-state index contributed by atoms with van der Waals surface area (Å²) in [4.78, 5) is 0. The highest BCUT2D eigenvalue weighted by Crippen LogP contribution is 2.18. The first-order valence-electron chi connectivity index (χ1n) is 6.42. The third-order valence-electron chi connectivity index (χ3n) is 3.40. The number of nitrogens with one attached hydrogen (secondary N) is 2. The molecule has 0 amide bonds.